The SMILES string of the molecule is FC(F)(F)C1[CH]CNC1. The molecular weight excluding hydrogens is 131 g/mol. The summed E-state index contributed by atoms with van der Waals surface area (Å²) in [6.45, 7) is 0.424. The van der Waals surface area contributed by atoms with E-state index in [1.54, 1.807) is 0 Å². The molecule has 1 aliphatic heterocycles. The molecule has 0 saturated carbocycles. The summed E-state index contributed by atoms with van der Waals surface area (Å²) in [5.41, 5.74) is 0. The Labute approximate surface area is 51.2 Å². The standard InChI is InChI=1S/C5H7F3N/c6-5(7,8)4-1-2-9-3-4/h1,4,9H,2-3H2. The molecule has 1 aliphatic rings. The first-order valence-electron chi connectivity index (χ1n) is 2.71. The molecule has 53 valence electrons. The maximum Gasteiger partial charge on any atom is 0.393 e. The molecule has 1 nitrogen and oxygen atoms in total. The van der Waals surface area contributed by atoms with Crippen LogP contribution in [-0.4, -0.2) is 19.3 Å². The predicted molar refractivity (Wildman–Crippen MR) is 26.7 cm³/mol. The summed E-state index contributed by atoms with van der Waals surface area (Å²) in [6, 6.07) is 0. The first-order chi connectivity index (χ1) is 4.11. The van der Waals surface area contributed by atoms with Gasteiger partial charge in [0.2, 0.25) is 0 Å². The van der Waals surface area contributed by atoms with Crippen molar-refractivity contribution in [2.45, 2.75) is 6.18 Å². The molecule has 0 aromatic rings. The van der Waals surface area contributed by atoms with Gasteiger partial charge in [-0.3, -0.25) is 0 Å². The van der Waals surface area contributed by atoms with Crippen molar-refractivity contribution < 1.29 is 13.2 Å². The van der Waals surface area contributed by atoms with Crippen molar-refractivity contribution in [1.82, 2.24) is 5.32 Å². The zero-order valence-corrected chi connectivity index (χ0v) is 4.70. The van der Waals surface area contributed by atoms with Crippen molar-refractivity contribution >= 4 is 0 Å². The Balaban J connectivity index is 2.42. The fraction of sp³-hybridized carbons (Fsp3) is 0.800. The second-order valence-corrected chi connectivity index (χ2v) is 2.04. The number of nitrogens with one attached hydrogen (secondary N) is 1. The van der Waals surface area contributed by atoms with Gasteiger partial charge < -0.3 is 5.32 Å². The molecule has 0 bridgehead atoms. The highest BCUT2D eigenvalue weighted by Gasteiger charge is 2.40. The molecular formula is C5H7F3N. The Morgan fingerprint density at radius 1 is 1.44 bits per heavy atom. The summed E-state index contributed by atoms with van der Waals surface area (Å²) >= 11 is 0. The van der Waals surface area contributed by atoms with Gasteiger partial charge >= 0.3 is 6.18 Å². The molecule has 1 atom stereocenters. The van der Waals surface area contributed by atoms with E-state index >= 15 is 0 Å². The van der Waals surface area contributed by atoms with Crippen molar-refractivity contribution in [1.29, 1.82) is 0 Å². The Kier molecular flexibility index (Phi) is 1.66. The molecule has 0 aromatic carbocycles. The van der Waals surface area contributed by atoms with E-state index in [0.29, 0.717) is 6.54 Å². The fourth-order valence-corrected chi connectivity index (χ4v) is 0.797. The minimum atomic E-state index is -4.04. The highest BCUT2D eigenvalue weighted by molar-refractivity contribution is 4.91. The maximum absolute atomic E-state index is 11.7. The van der Waals surface area contributed by atoms with Crippen LogP contribution in [0.1, 0.15) is 0 Å². The molecule has 1 radical (unpaired) electrons. The van der Waals surface area contributed by atoms with E-state index in [-0.39, 0.29) is 6.54 Å². The van der Waals surface area contributed by atoms with Crippen LogP contribution in [0.4, 0.5) is 13.2 Å². The van der Waals surface area contributed by atoms with Gasteiger partial charge in [-0.1, -0.05) is 0 Å². The normalized spacial score (nSPS) is 29.0. The lowest BCUT2D eigenvalue weighted by atomic mass is 10.1. The van der Waals surface area contributed by atoms with Crippen molar-refractivity contribution in [2.75, 3.05) is 13.1 Å². The molecule has 1 fully saturated rings. The third kappa shape index (κ3) is 1.58. The lowest BCUT2D eigenvalue weighted by Gasteiger charge is -2.11. The highest BCUT2D eigenvalue weighted by Crippen LogP contribution is 2.29. The van der Waals surface area contributed by atoms with Crippen LogP contribution in [0, 0.1) is 12.3 Å². The van der Waals surface area contributed by atoms with Gasteiger partial charge in [0.25, 0.3) is 0 Å². The molecule has 1 unspecified atom stereocenters. The fourth-order valence-electron chi connectivity index (χ4n) is 0.797. The third-order valence-electron chi connectivity index (χ3n) is 1.33. The topological polar surface area (TPSA) is 12.0 Å². The van der Waals surface area contributed by atoms with E-state index in [1.165, 1.54) is 6.42 Å². The molecule has 1 saturated heterocycles. The smallest absolute Gasteiger partial charge is 0.316 e. The number of hydrogen-bond donors (Lipinski definition) is 1. The monoisotopic (exact) mass is 138 g/mol. The molecule has 0 spiro atoms. The van der Waals surface area contributed by atoms with Crippen LogP contribution in [0.5, 0.6) is 0 Å². The maximum atomic E-state index is 11.7. The van der Waals surface area contributed by atoms with E-state index in [1.807, 2.05) is 0 Å². The summed E-state index contributed by atoms with van der Waals surface area (Å²) in [5.74, 6) is -1.22. The first kappa shape index (κ1) is 6.86. The summed E-state index contributed by atoms with van der Waals surface area (Å²) in [7, 11) is 0. The largest absolute Gasteiger partial charge is 0.393 e. The molecule has 1 heterocycles. The van der Waals surface area contributed by atoms with Crippen molar-refractivity contribution in [3.05, 3.63) is 6.42 Å². The van der Waals surface area contributed by atoms with Crippen LogP contribution in [-0.2, 0) is 0 Å². The molecule has 1 rings (SSSR count). The zero-order valence-electron chi connectivity index (χ0n) is 4.70. The Bertz CT molecular complexity index is 92.9. The van der Waals surface area contributed by atoms with Crippen LogP contribution in [0.15, 0.2) is 0 Å². The molecule has 9 heavy (non-hydrogen) atoms. The molecule has 4 heteroatoms. The van der Waals surface area contributed by atoms with E-state index < -0.39 is 12.1 Å². The quantitative estimate of drug-likeness (QED) is 0.526. The molecule has 0 amide bonds. The Morgan fingerprint density at radius 2 is 2.11 bits per heavy atom. The Hall–Kier alpha value is -0.250. The molecule has 0 aromatic heterocycles. The number of rotatable bonds is 0. The van der Waals surface area contributed by atoms with Gasteiger partial charge in [-0.2, -0.15) is 13.2 Å². The van der Waals surface area contributed by atoms with Gasteiger partial charge in [0, 0.05) is 6.54 Å². The first-order valence-corrected chi connectivity index (χ1v) is 2.71. The highest BCUT2D eigenvalue weighted by atomic mass is 19.4. The number of alkyl halides is 3. The Morgan fingerprint density at radius 3 is 2.33 bits per heavy atom. The van der Waals surface area contributed by atoms with Crippen molar-refractivity contribution in [3.8, 4) is 0 Å². The van der Waals surface area contributed by atoms with Gasteiger partial charge in [0.1, 0.15) is 0 Å². The van der Waals surface area contributed by atoms with Crippen LogP contribution >= 0.6 is 0 Å². The van der Waals surface area contributed by atoms with Crippen LogP contribution in [0.3, 0.4) is 0 Å². The second kappa shape index (κ2) is 2.17. The molecule has 1 N–H and O–H groups in total. The lowest BCUT2D eigenvalue weighted by molar-refractivity contribution is -0.160. The number of hydrogen-bond acceptors (Lipinski definition) is 1. The van der Waals surface area contributed by atoms with Gasteiger partial charge in [-0.05, 0) is 13.0 Å². The molecule has 0 aliphatic carbocycles. The van der Waals surface area contributed by atoms with Gasteiger partial charge in [0.05, 0.1) is 5.92 Å². The zero-order chi connectivity index (χ0) is 6.91. The number of halogens is 3. The minimum absolute atomic E-state index is 0.0451. The van der Waals surface area contributed by atoms with Gasteiger partial charge in [-0.25, -0.2) is 0 Å². The minimum Gasteiger partial charge on any atom is -0.316 e. The summed E-state index contributed by atoms with van der Waals surface area (Å²) in [6.07, 6.45) is -2.79. The third-order valence-corrected chi connectivity index (χ3v) is 1.33. The van der Waals surface area contributed by atoms with E-state index in [4.69, 9.17) is 0 Å². The van der Waals surface area contributed by atoms with E-state index in [0.717, 1.165) is 0 Å². The lowest BCUT2D eigenvalue weighted by Crippen LogP contribution is -2.24. The van der Waals surface area contributed by atoms with E-state index in [2.05, 4.69) is 5.32 Å². The van der Waals surface area contributed by atoms with Crippen molar-refractivity contribution in [3.63, 3.8) is 0 Å². The van der Waals surface area contributed by atoms with Crippen LogP contribution in [0.2, 0.25) is 0 Å². The summed E-state index contributed by atoms with van der Waals surface area (Å²) < 4.78 is 35.1. The van der Waals surface area contributed by atoms with Crippen LogP contribution < -0.4 is 5.32 Å². The average molecular weight is 138 g/mol. The second-order valence-electron chi connectivity index (χ2n) is 2.04. The average Bonchev–Trinajstić information content (AvgIpc) is 2.08. The van der Waals surface area contributed by atoms with E-state index in [9.17, 15) is 13.2 Å². The van der Waals surface area contributed by atoms with Gasteiger partial charge in [0.15, 0.2) is 0 Å². The predicted octanol–water partition coefficient (Wildman–Crippen LogP) is 0.972. The van der Waals surface area contributed by atoms with Crippen molar-refractivity contribution in [2.24, 2.45) is 5.92 Å². The summed E-state index contributed by atoms with van der Waals surface area (Å²) in [5, 5.41) is 2.60. The van der Waals surface area contributed by atoms with Gasteiger partial charge in [-0.15, -0.1) is 0 Å². The van der Waals surface area contributed by atoms with Crippen LogP contribution in [0.25, 0.3) is 0 Å². The summed E-state index contributed by atoms with van der Waals surface area (Å²) in [4.78, 5) is 0.